The summed E-state index contributed by atoms with van der Waals surface area (Å²) in [5.41, 5.74) is 6.84. The number of ether oxygens (including phenoxy) is 5. The van der Waals surface area contributed by atoms with Gasteiger partial charge in [0.2, 0.25) is 28.8 Å². The highest BCUT2D eigenvalue weighted by molar-refractivity contribution is 6.32. The van der Waals surface area contributed by atoms with Crippen molar-refractivity contribution >= 4 is 23.2 Å². The Hall–Kier alpha value is -9.01. The highest BCUT2D eigenvalue weighted by Gasteiger charge is 2.23. The number of benzene rings is 5. The Bertz CT molecular complexity index is 3600. The fraction of sp³-hybridized carbons (Fsp3) is 0.237. The SMILES string of the molecule is Cc1cc(C#N)cc(Oc2[nH]c(=O)[nH]c(=O)c2C(C)C)c1.Cc1cc(C#N)cc(Oc2nc(Cl)nc(Cl)c2C(C)C)c1.Cc1cc(C#N)cc(Oc2nc(OCc3ccccc3)nc(OCc3ccccc3)c2C(C)C)c1. The Kier molecular flexibility index (Phi) is 20.1. The molecule has 8 aromatic rings. The Morgan fingerprint density at radius 2 is 0.935 bits per heavy atom. The van der Waals surface area contributed by atoms with Crippen LogP contribution >= 0.6 is 23.2 Å². The summed E-state index contributed by atoms with van der Waals surface area (Å²) in [6.45, 7) is 17.9. The van der Waals surface area contributed by atoms with Crippen molar-refractivity contribution in [2.45, 2.75) is 93.3 Å². The van der Waals surface area contributed by atoms with Gasteiger partial charge in [-0.15, -0.1) is 0 Å². The lowest BCUT2D eigenvalue weighted by atomic mass is 10.1. The van der Waals surface area contributed by atoms with Gasteiger partial charge in [-0.2, -0.15) is 30.7 Å². The van der Waals surface area contributed by atoms with Gasteiger partial charge < -0.3 is 23.7 Å². The lowest BCUT2D eigenvalue weighted by Gasteiger charge is -2.18. The highest BCUT2D eigenvalue weighted by atomic mass is 35.5. The predicted octanol–water partition coefficient (Wildman–Crippen LogP) is 13.8. The van der Waals surface area contributed by atoms with E-state index in [2.05, 4.69) is 42.0 Å². The number of nitrogens with one attached hydrogen (secondary N) is 2. The third-order valence-corrected chi connectivity index (χ3v) is 11.4. The highest BCUT2D eigenvalue weighted by Crippen LogP contribution is 2.38. The van der Waals surface area contributed by atoms with Crippen molar-refractivity contribution in [3.8, 4) is 65.0 Å². The van der Waals surface area contributed by atoms with Crippen molar-refractivity contribution < 1.29 is 23.7 Å². The molecule has 3 aromatic heterocycles. The van der Waals surface area contributed by atoms with Crippen LogP contribution < -0.4 is 34.9 Å². The number of aryl methyl sites for hydroxylation is 3. The van der Waals surface area contributed by atoms with E-state index >= 15 is 0 Å². The maximum atomic E-state index is 11.9. The molecule has 0 fully saturated rings. The minimum absolute atomic E-state index is 0.0131. The Morgan fingerprint density at radius 1 is 0.506 bits per heavy atom. The first-order valence-electron chi connectivity index (χ1n) is 24.3. The second kappa shape index (κ2) is 27.0. The average molecular weight is 1070 g/mol. The van der Waals surface area contributed by atoms with Gasteiger partial charge in [-0.1, -0.05) is 114 Å². The van der Waals surface area contributed by atoms with Crippen molar-refractivity contribution in [1.29, 1.82) is 15.8 Å². The average Bonchev–Trinajstić information content (AvgIpc) is 3.37. The first-order chi connectivity index (χ1) is 36.8. The van der Waals surface area contributed by atoms with Crippen LogP contribution in [0.1, 0.15) is 120 Å². The number of hydrogen-bond donors (Lipinski definition) is 2. The predicted molar refractivity (Wildman–Crippen MR) is 293 cm³/mol. The maximum absolute atomic E-state index is 11.9. The van der Waals surface area contributed by atoms with E-state index in [1.807, 2.05) is 141 Å². The van der Waals surface area contributed by atoms with Gasteiger partial charge in [-0.3, -0.25) is 14.8 Å². The maximum Gasteiger partial charge on any atom is 0.328 e. The van der Waals surface area contributed by atoms with E-state index in [1.54, 1.807) is 42.5 Å². The monoisotopic (exact) mass is 1070 g/mol. The number of H-pyrrole nitrogens is 2. The van der Waals surface area contributed by atoms with Crippen LogP contribution in [0.5, 0.6) is 46.8 Å². The summed E-state index contributed by atoms with van der Waals surface area (Å²) in [6.07, 6.45) is 0. The van der Waals surface area contributed by atoms with E-state index in [0.29, 0.717) is 75.9 Å². The smallest absolute Gasteiger partial charge is 0.328 e. The van der Waals surface area contributed by atoms with E-state index in [9.17, 15) is 14.9 Å². The third-order valence-electron chi connectivity index (χ3n) is 11.0. The second-order valence-electron chi connectivity index (χ2n) is 18.4. The summed E-state index contributed by atoms with van der Waals surface area (Å²) in [6, 6.07) is 41.7. The topological polar surface area (TPSA) is 235 Å². The summed E-state index contributed by atoms with van der Waals surface area (Å²) in [5.74, 6) is 2.56. The standard InChI is InChI=1S/C29H27N3O3.C15H13Cl2N3O.C15H15N3O3/c1-20(2)26-27(33-18-22-10-6-4-7-11-22)31-29(34-19-23-12-8-5-9-13-23)32-28(26)35-25-15-21(3)14-24(16-25)17-30;1-8(2)12-13(16)19-15(17)20-14(12)21-11-5-9(3)4-10(6-11)7-18;1-8(2)12-13(19)17-15(20)18-14(12)21-11-5-9(3)4-10(6-11)7-16/h4-16,20H,18-19H2,1-3H3;4-6,8H,1-3H3;4-6,8H,1-3H3,(H2,17,18,19,20). The second-order valence-corrected chi connectivity index (χ2v) is 19.1. The van der Waals surface area contributed by atoms with Gasteiger partial charge in [0, 0.05) is 0 Å². The van der Waals surface area contributed by atoms with E-state index in [0.717, 1.165) is 33.4 Å². The molecule has 0 unspecified atom stereocenters. The molecule has 0 bridgehead atoms. The largest absolute Gasteiger partial charge is 0.472 e. The van der Waals surface area contributed by atoms with Gasteiger partial charge in [0.1, 0.15) is 35.6 Å². The van der Waals surface area contributed by atoms with Crippen LogP contribution in [0.4, 0.5) is 0 Å². The molecule has 0 spiro atoms. The van der Waals surface area contributed by atoms with Crippen molar-refractivity contribution in [3.63, 3.8) is 0 Å². The van der Waals surface area contributed by atoms with Crippen LogP contribution in [0, 0.1) is 54.8 Å². The molecule has 0 saturated carbocycles. The van der Waals surface area contributed by atoms with E-state index in [-0.39, 0.29) is 40.1 Å². The van der Waals surface area contributed by atoms with Crippen LogP contribution in [0.2, 0.25) is 10.4 Å². The molecule has 77 heavy (non-hydrogen) atoms. The van der Waals surface area contributed by atoms with Gasteiger partial charge in [-0.25, -0.2) is 9.78 Å². The molecule has 2 N–H and O–H groups in total. The van der Waals surface area contributed by atoms with Crippen LogP contribution in [0.3, 0.4) is 0 Å². The minimum atomic E-state index is -0.632. The molecule has 0 amide bonds. The number of nitriles is 3. The zero-order valence-electron chi connectivity index (χ0n) is 43.9. The molecular formula is C59H55Cl2N9O7. The molecule has 0 aliphatic rings. The normalized spacial score (nSPS) is 10.5. The first kappa shape index (κ1) is 57.3. The lowest BCUT2D eigenvalue weighted by Crippen LogP contribution is -2.26. The third kappa shape index (κ3) is 16.5. The quantitative estimate of drug-likeness (QED) is 0.0718. The van der Waals surface area contributed by atoms with E-state index in [4.69, 9.17) is 57.4 Å². The first-order valence-corrected chi connectivity index (χ1v) is 25.0. The molecular weight excluding hydrogens is 1020 g/mol. The molecule has 5 aromatic carbocycles. The number of hydrogen-bond acceptors (Lipinski definition) is 14. The number of aromatic amines is 2. The van der Waals surface area contributed by atoms with E-state index < -0.39 is 11.2 Å². The minimum Gasteiger partial charge on any atom is -0.472 e. The van der Waals surface area contributed by atoms with Crippen molar-refractivity contribution in [2.75, 3.05) is 0 Å². The zero-order chi connectivity index (χ0) is 55.8. The summed E-state index contributed by atoms with van der Waals surface area (Å²) >= 11 is 12.0. The Morgan fingerprint density at radius 3 is 1.39 bits per heavy atom. The van der Waals surface area contributed by atoms with Gasteiger partial charge in [0.15, 0.2) is 0 Å². The molecule has 0 saturated heterocycles. The van der Waals surface area contributed by atoms with Crippen LogP contribution in [-0.2, 0) is 13.2 Å². The molecule has 0 aliphatic heterocycles. The fourth-order valence-corrected chi connectivity index (χ4v) is 8.19. The number of nitrogens with zero attached hydrogens (tertiary/aromatic N) is 7. The molecule has 0 atom stereocenters. The van der Waals surface area contributed by atoms with Crippen LogP contribution in [0.15, 0.2) is 125 Å². The van der Waals surface area contributed by atoms with Crippen molar-refractivity contribution in [2.24, 2.45) is 0 Å². The Balaban J connectivity index is 0.000000198. The zero-order valence-corrected chi connectivity index (χ0v) is 45.4. The summed E-state index contributed by atoms with van der Waals surface area (Å²) in [5, 5.41) is 27.6. The molecule has 3 heterocycles. The molecule has 392 valence electrons. The number of rotatable bonds is 15. The van der Waals surface area contributed by atoms with Gasteiger partial charge in [-0.05, 0) is 133 Å². The number of aromatic nitrogens is 6. The number of halogens is 2. The fourth-order valence-electron chi connectivity index (χ4n) is 7.60. The Labute approximate surface area is 456 Å². The lowest BCUT2D eigenvalue weighted by molar-refractivity contribution is 0.249. The van der Waals surface area contributed by atoms with Crippen LogP contribution in [-0.4, -0.2) is 29.9 Å². The molecule has 0 radical (unpaired) electrons. The summed E-state index contributed by atoms with van der Waals surface area (Å²) in [4.78, 5) is 45.2. The molecule has 8 rings (SSSR count). The van der Waals surface area contributed by atoms with Crippen molar-refractivity contribution in [1.82, 2.24) is 29.9 Å². The van der Waals surface area contributed by atoms with Crippen LogP contribution in [0.25, 0.3) is 0 Å². The molecule has 16 nitrogen and oxygen atoms in total. The van der Waals surface area contributed by atoms with Gasteiger partial charge in [0.05, 0.1) is 51.6 Å². The van der Waals surface area contributed by atoms with Gasteiger partial charge >= 0.3 is 11.7 Å². The summed E-state index contributed by atoms with van der Waals surface area (Å²) in [7, 11) is 0. The van der Waals surface area contributed by atoms with Gasteiger partial charge in [0.25, 0.3) is 5.56 Å². The molecule has 18 heteroatoms. The summed E-state index contributed by atoms with van der Waals surface area (Å²) < 4.78 is 29.7. The van der Waals surface area contributed by atoms with E-state index in [1.165, 1.54) is 0 Å². The molecule has 0 aliphatic carbocycles. The van der Waals surface area contributed by atoms with Crippen molar-refractivity contribution in [3.05, 3.63) is 208 Å².